The van der Waals surface area contributed by atoms with Gasteiger partial charge in [0.15, 0.2) is 37.6 Å². The molecule has 43 nitrogen and oxygen atoms in total. The number of anilines is 3. The number of nitrogen functional groups attached to an aromatic ring is 3. The third kappa shape index (κ3) is 38.3. The molecule has 6 aromatic heterocycles. The number of aryl methyl sites for hydroxylation is 1. The van der Waals surface area contributed by atoms with Crippen LogP contribution in [0.4, 0.5) is 17.3 Å². The highest BCUT2D eigenvalue weighted by Crippen LogP contribution is 2.49. The second-order valence-electron chi connectivity index (χ2n) is 36.5. The molecule has 4 aromatic carbocycles. The summed E-state index contributed by atoms with van der Waals surface area (Å²) in [5.74, 6) is 1.60. The number of rotatable bonds is 54. The van der Waals surface area contributed by atoms with E-state index in [0.29, 0.717) is 101 Å². The summed E-state index contributed by atoms with van der Waals surface area (Å²) in [7, 11) is -14.5. The molecule has 8 heterocycles. The molecule has 11 atom stereocenters. The topological polar surface area (TPSA) is 600 Å². The lowest BCUT2D eigenvalue weighted by Crippen LogP contribution is -2.33. The van der Waals surface area contributed by atoms with Gasteiger partial charge >= 0.3 is 26.9 Å². The number of ether oxygens (including phenoxy) is 4. The van der Waals surface area contributed by atoms with Crippen molar-refractivity contribution in [2.45, 2.75) is 191 Å². The SMILES string of the molecule is CC(C)(CO)C(=O)SCCOP(=O)(COCCn1cnc2c(N)ccnc21)NCc1ccccc1.CCC(C)(C)C(=O)SCCOP(=O)(NCc1ccccc1)OC[C@@H]1O[C@H](n2cc(C)c(=O)[nH]c2=O)CC1O.CCC(C)(C)C(=O)SCCOP(=O)(NCc1ccccc1)OC[C@@H]1O[C@H](n2ccc(N)nc2=O)CC1O.C[C@H](Cn1cnc2c(N)ncnc21)OCP(=O)(NCc1ccccc1)OCCSC(=O)C(C)(C)CO. The average molecular weight is 2180 g/mol. The van der Waals surface area contributed by atoms with Crippen molar-refractivity contribution in [3.05, 3.63) is 230 Å². The largest absolute Gasteiger partial charge is 0.405 e. The quantitative estimate of drug-likeness (QED) is 0.0124. The third-order valence-electron chi connectivity index (χ3n) is 23.1. The summed E-state index contributed by atoms with van der Waals surface area (Å²) in [5.41, 5.74) is 19.9. The molecule has 15 N–H and O–H groups in total. The Balaban J connectivity index is 0.000000217. The molecule has 10 aromatic rings. The molecule has 6 unspecified atom stereocenters. The van der Waals surface area contributed by atoms with Gasteiger partial charge in [0.05, 0.1) is 113 Å². The van der Waals surface area contributed by atoms with Gasteiger partial charge in [0.2, 0.25) is 0 Å². The Morgan fingerprint density at radius 3 is 1.39 bits per heavy atom. The first-order chi connectivity index (χ1) is 69.3. The molecule has 0 amide bonds. The van der Waals surface area contributed by atoms with Crippen LogP contribution in [0.1, 0.15) is 142 Å². The molecule has 0 aliphatic carbocycles. The van der Waals surface area contributed by atoms with E-state index >= 15 is 0 Å². The van der Waals surface area contributed by atoms with Gasteiger partial charge in [-0.2, -0.15) is 4.98 Å². The van der Waals surface area contributed by atoms with E-state index < -0.39 is 106 Å². The van der Waals surface area contributed by atoms with Crippen molar-refractivity contribution in [1.29, 1.82) is 0 Å². The van der Waals surface area contributed by atoms with Gasteiger partial charge in [-0.25, -0.2) is 64.0 Å². The Morgan fingerprint density at radius 2 is 0.938 bits per heavy atom. The summed E-state index contributed by atoms with van der Waals surface area (Å²) in [6.07, 6.45) is 4.72. The van der Waals surface area contributed by atoms with E-state index in [-0.39, 0.29) is 130 Å². The summed E-state index contributed by atoms with van der Waals surface area (Å²) in [6.45, 7) is 22.9. The number of H-pyrrole nitrogens is 1. The van der Waals surface area contributed by atoms with Crippen LogP contribution in [0.3, 0.4) is 0 Å². The molecule has 146 heavy (non-hydrogen) atoms. The Kier molecular flexibility index (Phi) is 48.0. The Bertz CT molecular complexity index is 6230. The highest BCUT2D eigenvalue weighted by atomic mass is 32.2. The van der Waals surface area contributed by atoms with Crippen molar-refractivity contribution < 1.29 is 104 Å². The van der Waals surface area contributed by atoms with Gasteiger partial charge in [0.1, 0.15) is 60.5 Å². The van der Waals surface area contributed by atoms with Crippen molar-refractivity contribution >= 4 is 138 Å². The van der Waals surface area contributed by atoms with E-state index in [1.54, 1.807) is 64.1 Å². The minimum Gasteiger partial charge on any atom is -0.397 e. The number of carbonyl (C=O) groups is 4. The predicted molar refractivity (Wildman–Crippen MR) is 565 cm³/mol. The number of hydrogen-bond acceptors (Lipinski definition) is 38. The van der Waals surface area contributed by atoms with Crippen LogP contribution < -0.4 is 54.5 Å². The van der Waals surface area contributed by atoms with Gasteiger partial charge in [0.25, 0.3) is 20.6 Å². The minimum absolute atomic E-state index is 0.00196. The molecular formula is C95H136N18O25P4S4. The van der Waals surface area contributed by atoms with Crippen LogP contribution >= 0.6 is 77.6 Å². The van der Waals surface area contributed by atoms with Crippen LogP contribution in [0, 0.1) is 28.6 Å². The Labute approximate surface area is 864 Å². The van der Waals surface area contributed by atoms with E-state index in [9.17, 15) is 72.2 Å². The fourth-order valence-corrected chi connectivity index (χ4v) is 22.5. The van der Waals surface area contributed by atoms with E-state index in [1.807, 2.05) is 174 Å². The lowest BCUT2D eigenvalue weighted by Gasteiger charge is -2.23. The summed E-state index contributed by atoms with van der Waals surface area (Å²) < 4.78 is 117. The summed E-state index contributed by atoms with van der Waals surface area (Å²) in [4.78, 5) is 112. The van der Waals surface area contributed by atoms with Crippen molar-refractivity contribution in [3.63, 3.8) is 0 Å². The zero-order valence-corrected chi connectivity index (χ0v) is 90.7. The number of nitrogens with zero attached hydrogens (tertiary/aromatic N) is 10. The first-order valence-electron chi connectivity index (χ1n) is 47.2. The van der Waals surface area contributed by atoms with Crippen LogP contribution in [0.2, 0.25) is 0 Å². The summed E-state index contributed by atoms with van der Waals surface area (Å²) in [6, 6.07) is 40.9. The van der Waals surface area contributed by atoms with Crippen LogP contribution in [-0.2, 0) is 123 Å². The number of aromatic amines is 1. The summed E-state index contributed by atoms with van der Waals surface area (Å²) >= 11 is 4.34. The number of pyridine rings is 1. The zero-order valence-electron chi connectivity index (χ0n) is 83.9. The second kappa shape index (κ2) is 58.1. The standard InChI is InChI=1S/C25H36N3O8PS.C24H35N4O7PS.C23H33N6O5PS.C23H32N5O5PS/c1-5-25(3,4)23(31)38-12-11-34-37(33,26-14-18-9-7-6-8-10-18)35-16-20-19(29)13-21(36-20)28-15-17(2)22(30)27-24(28)32;1-4-24(2,3)22(30)37-13-12-33-36(32,26-15-17-8-6-5-7-9-17)34-16-19-18(29)14-21(35-19)28-11-10-20(25)27-23(28)31;1-17(12-29-15-27-19-20(24)25-14-26-21(19)29)33-16-35(32,28-11-18-7-5-4-6-8-18)34-9-10-36-22(31)23(2,3)13-30;1-23(2,15-29)22(30)35-13-12-33-34(31,27-14-18-6-4-3-5-7-18)17-32-11-10-28-16-26-20-19(24)8-9-25-21(20)28/h6-10,15,19-21,29H,5,11-14,16H2,1-4H3,(H,26,33)(H,27,30,32);5-11,18-19,21,29H,4,12-16H2,1-3H3,(H,26,32)(H2,25,27,31);4-8,14-15,17,30H,9-13,16H2,1-3H3,(H,28,32)(H2,24,25,26);3-9,16,29H,10-15,17H2,1-2H3,(H2,24,25)(H,27,31)/t19?,20-,21-,37?;18?,19-,21-,36?;17-,35?;/m001./s1. The van der Waals surface area contributed by atoms with Gasteiger partial charge in [-0.3, -0.25) is 65.3 Å². The molecule has 2 aliphatic rings. The van der Waals surface area contributed by atoms with Gasteiger partial charge in [-0.1, -0.05) is 210 Å². The Morgan fingerprint density at radius 1 is 0.521 bits per heavy atom. The molecule has 0 saturated carbocycles. The molecule has 0 radical (unpaired) electrons. The van der Waals surface area contributed by atoms with Crippen molar-refractivity contribution in [1.82, 2.24) is 73.5 Å². The number of benzene rings is 4. The monoisotopic (exact) mass is 2180 g/mol. The predicted octanol–water partition coefficient (Wildman–Crippen LogP) is 12.5. The lowest BCUT2D eigenvalue weighted by molar-refractivity contribution is -0.120. The zero-order chi connectivity index (χ0) is 106. The van der Waals surface area contributed by atoms with Gasteiger partial charge in [0, 0.05) is 104 Å². The molecule has 12 rings (SSSR count). The number of fused-ring (bicyclic) bond motifs is 2. The fraction of sp³-hybridized carbons (Fsp3) is 0.505. The number of hydrogen-bond donors (Lipinski definition) is 12. The van der Waals surface area contributed by atoms with Crippen LogP contribution in [0.5, 0.6) is 0 Å². The maximum absolute atomic E-state index is 13.6. The molecule has 2 saturated heterocycles. The van der Waals surface area contributed by atoms with Crippen LogP contribution in [0.15, 0.2) is 185 Å². The highest BCUT2D eigenvalue weighted by molar-refractivity contribution is 8.14. The van der Waals surface area contributed by atoms with Crippen molar-refractivity contribution in [3.8, 4) is 0 Å². The molecule has 800 valence electrons. The van der Waals surface area contributed by atoms with E-state index in [0.717, 1.165) is 69.3 Å². The molecule has 0 bridgehead atoms. The number of aliphatic hydroxyl groups excluding tert-OH is 4. The summed E-state index contributed by atoms with van der Waals surface area (Å²) in [5, 5.41) is 51.2. The molecular weight excluding hydrogens is 2050 g/mol. The minimum atomic E-state index is -3.87. The number of imidazole rings is 2. The fourth-order valence-electron chi connectivity index (χ4n) is 13.1. The van der Waals surface area contributed by atoms with Crippen molar-refractivity contribution in [2.75, 3.05) is 112 Å². The maximum Gasteiger partial charge on any atom is 0.405 e. The Hall–Kier alpha value is -8.71. The van der Waals surface area contributed by atoms with E-state index in [1.165, 1.54) is 33.9 Å². The van der Waals surface area contributed by atoms with Gasteiger partial charge in [-0.05, 0) is 88.8 Å². The number of aliphatic hydroxyl groups is 4. The highest BCUT2D eigenvalue weighted by Gasteiger charge is 2.42. The smallest absolute Gasteiger partial charge is 0.397 e. The number of nitrogens with two attached hydrogens (primary N) is 3. The third-order valence-corrected chi connectivity index (χ3v) is 34.4. The van der Waals surface area contributed by atoms with Crippen molar-refractivity contribution in [2.24, 2.45) is 21.7 Å². The van der Waals surface area contributed by atoms with E-state index in [4.69, 9.17) is 63.3 Å². The number of aromatic nitrogens is 11. The maximum atomic E-state index is 13.6. The number of carbonyl (C=O) groups excluding carboxylic acids is 4. The normalized spacial score (nSPS) is 17.9. The van der Waals surface area contributed by atoms with Crippen LogP contribution in [-0.4, -0.2) is 220 Å². The average Bonchev–Trinajstić information content (AvgIpc) is 2.00. The van der Waals surface area contributed by atoms with Crippen LogP contribution in [0.25, 0.3) is 22.3 Å². The molecule has 51 heteroatoms. The first kappa shape index (κ1) is 121. The second-order valence-corrected chi connectivity index (χ2v) is 48.8. The number of nitrogens with one attached hydrogen (secondary N) is 5. The molecule has 2 aliphatic heterocycles. The van der Waals surface area contributed by atoms with Gasteiger partial charge in [-0.15, -0.1) is 0 Å². The molecule has 0 spiro atoms. The van der Waals surface area contributed by atoms with Gasteiger partial charge < -0.3 is 74.8 Å². The lowest BCUT2D eigenvalue weighted by atomic mass is 9.92. The van der Waals surface area contributed by atoms with E-state index in [2.05, 4.69) is 55.2 Å². The first-order valence-corrected chi connectivity index (χ1v) is 57.8. The number of thioether (sulfide) groups is 4. The molecule has 2 fully saturated rings.